The Morgan fingerprint density at radius 1 is 1.44 bits per heavy atom. The van der Waals surface area contributed by atoms with Gasteiger partial charge in [0.25, 0.3) is 5.91 Å². The van der Waals surface area contributed by atoms with Crippen molar-refractivity contribution in [1.82, 2.24) is 5.32 Å². The molecule has 0 fully saturated rings. The van der Waals surface area contributed by atoms with Crippen LogP contribution in [0.25, 0.3) is 0 Å². The highest BCUT2D eigenvalue weighted by molar-refractivity contribution is 7.80. The van der Waals surface area contributed by atoms with Gasteiger partial charge in [-0.05, 0) is 25.5 Å². The van der Waals surface area contributed by atoms with Gasteiger partial charge >= 0.3 is 0 Å². The van der Waals surface area contributed by atoms with Gasteiger partial charge in [-0.15, -0.1) is 0 Å². The van der Waals surface area contributed by atoms with Crippen molar-refractivity contribution in [2.75, 3.05) is 18.9 Å². The lowest BCUT2D eigenvalue weighted by atomic mass is 10.1. The lowest BCUT2D eigenvalue weighted by Gasteiger charge is -2.09. The van der Waals surface area contributed by atoms with Crippen LogP contribution in [0.15, 0.2) is 18.2 Å². The van der Waals surface area contributed by atoms with Gasteiger partial charge in [-0.1, -0.05) is 17.7 Å². The first kappa shape index (κ1) is 12.9. The molecule has 0 aliphatic heterocycles. The van der Waals surface area contributed by atoms with Crippen molar-refractivity contribution in [2.24, 2.45) is 0 Å². The summed E-state index contributed by atoms with van der Waals surface area (Å²) in [6.45, 7) is 4.61. The number of carbonyl (C=O) groups excluding carboxylic acids is 1. The Kier molecular flexibility index (Phi) is 5.19. The number of hydrogen-bond acceptors (Lipinski definition) is 3. The van der Waals surface area contributed by atoms with Crippen LogP contribution in [-0.2, 0) is 4.79 Å². The summed E-state index contributed by atoms with van der Waals surface area (Å²) >= 11 is 4.01. The molecule has 16 heavy (non-hydrogen) atoms. The molecule has 0 heterocycles. The van der Waals surface area contributed by atoms with E-state index in [2.05, 4.69) is 17.9 Å². The SMILES string of the molecule is Cc1ccc(OCC(=O)NCCS)c(C)c1. The van der Waals surface area contributed by atoms with Crippen LogP contribution in [0.4, 0.5) is 0 Å². The predicted octanol–water partition coefficient (Wildman–Crippen LogP) is 1.73. The van der Waals surface area contributed by atoms with Gasteiger partial charge in [0.05, 0.1) is 0 Å². The maximum atomic E-state index is 11.3. The predicted molar refractivity (Wildman–Crippen MR) is 68.3 cm³/mol. The number of ether oxygens (including phenoxy) is 1. The summed E-state index contributed by atoms with van der Waals surface area (Å²) in [5.41, 5.74) is 2.23. The molecule has 0 atom stereocenters. The Bertz CT molecular complexity index is 366. The van der Waals surface area contributed by atoms with Crippen molar-refractivity contribution >= 4 is 18.5 Å². The third-order valence-corrected chi connectivity index (χ3v) is 2.35. The second kappa shape index (κ2) is 6.43. The molecular weight excluding hydrogens is 222 g/mol. The number of nitrogens with one attached hydrogen (secondary N) is 1. The third kappa shape index (κ3) is 4.14. The van der Waals surface area contributed by atoms with Gasteiger partial charge in [0.2, 0.25) is 0 Å². The minimum absolute atomic E-state index is 0.0533. The van der Waals surface area contributed by atoms with E-state index in [0.29, 0.717) is 12.3 Å². The van der Waals surface area contributed by atoms with Gasteiger partial charge in [0.15, 0.2) is 6.61 Å². The maximum absolute atomic E-state index is 11.3. The van der Waals surface area contributed by atoms with Gasteiger partial charge in [-0.3, -0.25) is 4.79 Å². The molecule has 1 aromatic rings. The third-order valence-electron chi connectivity index (χ3n) is 2.12. The van der Waals surface area contributed by atoms with Crippen molar-refractivity contribution in [3.05, 3.63) is 29.3 Å². The van der Waals surface area contributed by atoms with E-state index in [0.717, 1.165) is 11.3 Å². The molecule has 0 spiro atoms. The molecule has 0 aliphatic rings. The zero-order chi connectivity index (χ0) is 12.0. The van der Waals surface area contributed by atoms with Crippen molar-refractivity contribution in [3.63, 3.8) is 0 Å². The van der Waals surface area contributed by atoms with E-state index in [9.17, 15) is 4.79 Å². The van der Waals surface area contributed by atoms with Crippen molar-refractivity contribution in [1.29, 1.82) is 0 Å². The normalized spacial score (nSPS) is 9.94. The van der Waals surface area contributed by atoms with Gasteiger partial charge in [0, 0.05) is 12.3 Å². The molecule has 0 radical (unpaired) electrons. The fourth-order valence-electron chi connectivity index (χ4n) is 1.35. The second-order valence-corrected chi connectivity index (χ2v) is 4.08. The van der Waals surface area contributed by atoms with Gasteiger partial charge < -0.3 is 10.1 Å². The van der Waals surface area contributed by atoms with Crippen LogP contribution < -0.4 is 10.1 Å². The average Bonchev–Trinajstić information content (AvgIpc) is 2.25. The van der Waals surface area contributed by atoms with Crippen LogP contribution in [0, 0.1) is 13.8 Å². The second-order valence-electron chi connectivity index (χ2n) is 3.63. The lowest BCUT2D eigenvalue weighted by Crippen LogP contribution is -2.30. The standard InChI is InChI=1S/C12H17NO2S/c1-9-3-4-11(10(2)7-9)15-8-12(14)13-5-6-16/h3-4,7,16H,5-6,8H2,1-2H3,(H,13,14). The topological polar surface area (TPSA) is 38.3 Å². The molecule has 4 heteroatoms. The summed E-state index contributed by atoms with van der Waals surface area (Å²) < 4.78 is 5.41. The van der Waals surface area contributed by atoms with Crippen LogP contribution in [0.2, 0.25) is 0 Å². The lowest BCUT2D eigenvalue weighted by molar-refractivity contribution is -0.122. The number of hydrogen-bond donors (Lipinski definition) is 2. The summed E-state index contributed by atoms with van der Waals surface area (Å²) in [7, 11) is 0. The molecule has 3 nitrogen and oxygen atoms in total. The highest BCUT2D eigenvalue weighted by Gasteiger charge is 2.03. The minimum atomic E-state index is -0.117. The first-order valence-electron chi connectivity index (χ1n) is 5.21. The van der Waals surface area contributed by atoms with Crippen molar-refractivity contribution in [2.45, 2.75) is 13.8 Å². The monoisotopic (exact) mass is 239 g/mol. The Balaban J connectivity index is 2.45. The number of rotatable bonds is 5. The largest absolute Gasteiger partial charge is 0.484 e. The quantitative estimate of drug-likeness (QED) is 0.768. The minimum Gasteiger partial charge on any atom is -0.484 e. The first-order valence-corrected chi connectivity index (χ1v) is 5.84. The van der Waals surface area contributed by atoms with Gasteiger partial charge in [0.1, 0.15) is 5.75 Å². The van der Waals surface area contributed by atoms with Crippen LogP contribution in [0.3, 0.4) is 0 Å². The summed E-state index contributed by atoms with van der Waals surface area (Å²) in [6, 6.07) is 5.88. The molecule has 0 aromatic heterocycles. The molecule has 1 N–H and O–H groups in total. The Hall–Kier alpha value is -1.16. The molecule has 1 amide bonds. The van der Waals surface area contributed by atoms with Crippen LogP contribution in [-0.4, -0.2) is 24.8 Å². The van der Waals surface area contributed by atoms with E-state index < -0.39 is 0 Å². The van der Waals surface area contributed by atoms with E-state index in [1.54, 1.807) is 0 Å². The van der Waals surface area contributed by atoms with E-state index >= 15 is 0 Å². The summed E-state index contributed by atoms with van der Waals surface area (Å²) in [5, 5.41) is 2.69. The summed E-state index contributed by atoms with van der Waals surface area (Å²) in [6.07, 6.45) is 0. The Labute approximate surface area is 102 Å². The number of carbonyl (C=O) groups is 1. The zero-order valence-corrected chi connectivity index (χ0v) is 10.5. The number of benzene rings is 1. The molecule has 1 rings (SSSR count). The maximum Gasteiger partial charge on any atom is 0.257 e. The highest BCUT2D eigenvalue weighted by atomic mass is 32.1. The smallest absolute Gasteiger partial charge is 0.257 e. The Morgan fingerprint density at radius 3 is 2.81 bits per heavy atom. The van der Waals surface area contributed by atoms with E-state index in [4.69, 9.17) is 4.74 Å². The van der Waals surface area contributed by atoms with E-state index in [1.165, 1.54) is 5.56 Å². The molecule has 88 valence electrons. The first-order chi connectivity index (χ1) is 7.63. The summed E-state index contributed by atoms with van der Waals surface area (Å²) in [4.78, 5) is 11.3. The van der Waals surface area contributed by atoms with Crippen molar-refractivity contribution in [3.8, 4) is 5.75 Å². The van der Waals surface area contributed by atoms with Crippen LogP contribution in [0.5, 0.6) is 5.75 Å². The molecule has 0 bridgehead atoms. The Morgan fingerprint density at radius 2 is 2.19 bits per heavy atom. The fourth-order valence-corrected chi connectivity index (χ4v) is 1.46. The molecule has 0 aliphatic carbocycles. The number of aryl methyl sites for hydroxylation is 2. The van der Waals surface area contributed by atoms with Crippen LogP contribution in [0.1, 0.15) is 11.1 Å². The molecular formula is C12H17NO2S. The number of amides is 1. The zero-order valence-electron chi connectivity index (χ0n) is 9.62. The molecule has 0 saturated heterocycles. The molecule has 0 saturated carbocycles. The molecule has 1 aromatic carbocycles. The number of thiol groups is 1. The fraction of sp³-hybridized carbons (Fsp3) is 0.417. The van der Waals surface area contributed by atoms with E-state index in [1.807, 2.05) is 32.0 Å². The molecule has 0 unspecified atom stereocenters. The average molecular weight is 239 g/mol. The summed E-state index contributed by atoms with van der Waals surface area (Å²) in [5.74, 6) is 1.27. The highest BCUT2D eigenvalue weighted by Crippen LogP contribution is 2.18. The van der Waals surface area contributed by atoms with Gasteiger partial charge in [-0.2, -0.15) is 12.6 Å². The van der Waals surface area contributed by atoms with Gasteiger partial charge in [-0.25, -0.2) is 0 Å². The van der Waals surface area contributed by atoms with Crippen LogP contribution >= 0.6 is 12.6 Å². The van der Waals surface area contributed by atoms with E-state index in [-0.39, 0.29) is 12.5 Å². The van der Waals surface area contributed by atoms with Crippen molar-refractivity contribution < 1.29 is 9.53 Å².